The van der Waals surface area contributed by atoms with E-state index < -0.39 is 10.0 Å². The van der Waals surface area contributed by atoms with E-state index in [2.05, 4.69) is 26.8 Å². The lowest BCUT2D eigenvalue weighted by molar-refractivity contribution is -0.384. The third-order valence-electron chi connectivity index (χ3n) is 7.38. The van der Waals surface area contributed by atoms with Gasteiger partial charge in [-0.1, -0.05) is 48.0 Å². The Balaban J connectivity index is 1.26. The summed E-state index contributed by atoms with van der Waals surface area (Å²) in [7, 11) is -3.55. The highest BCUT2D eigenvalue weighted by molar-refractivity contribution is 7.89. The third-order valence-corrected chi connectivity index (χ3v) is 9.29. The second-order valence-corrected chi connectivity index (χ2v) is 11.8. The molecule has 10 heteroatoms. The summed E-state index contributed by atoms with van der Waals surface area (Å²) < 4.78 is 27.7. The average molecular weight is 536 g/mol. The summed E-state index contributed by atoms with van der Waals surface area (Å²) in [5.74, 6) is 0. The van der Waals surface area contributed by atoms with Gasteiger partial charge in [-0.3, -0.25) is 15.0 Å². The van der Waals surface area contributed by atoms with E-state index >= 15 is 0 Å². The van der Waals surface area contributed by atoms with Crippen LogP contribution in [0.1, 0.15) is 11.1 Å². The zero-order valence-corrected chi connectivity index (χ0v) is 22.4. The van der Waals surface area contributed by atoms with Crippen LogP contribution in [0.15, 0.2) is 77.7 Å². The molecule has 2 saturated heterocycles. The highest BCUT2D eigenvalue weighted by Gasteiger charge is 2.30. The van der Waals surface area contributed by atoms with Crippen molar-refractivity contribution in [2.24, 2.45) is 0 Å². The molecule has 2 aliphatic rings. The monoisotopic (exact) mass is 535 g/mol. The number of sulfonamides is 1. The van der Waals surface area contributed by atoms with Crippen molar-refractivity contribution in [1.82, 2.24) is 9.21 Å². The molecule has 0 radical (unpaired) electrons. The highest BCUT2D eigenvalue weighted by atomic mass is 32.2. The van der Waals surface area contributed by atoms with Crippen LogP contribution in [0.25, 0.3) is 0 Å². The number of piperazine rings is 2. The maximum absolute atomic E-state index is 13.1. The molecule has 2 aliphatic heterocycles. The summed E-state index contributed by atoms with van der Waals surface area (Å²) in [5, 5.41) is 11.8. The lowest BCUT2D eigenvalue weighted by atomic mass is 10.1. The zero-order valence-electron chi connectivity index (χ0n) is 21.6. The normalized spacial score (nSPS) is 17.5. The molecule has 0 atom stereocenters. The number of hydrogen-bond donors (Lipinski definition) is 0. The Morgan fingerprint density at radius 2 is 1.42 bits per heavy atom. The van der Waals surface area contributed by atoms with Crippen LogP contribution in [0.4, 0.5) is 17.1 Å². The van der Waals surface area contributed by atoms with E-state index in [1.54, 1.807) is 24.3 Å². The minimum atomic E-state index is -3.55. The Kier molecular flexibility index (Phi) is 7.64. The fraction of sp³-hybridized carbons (Fsp3) is 0.357. The number of rotatable bonds is 7. The molecule has 0 aromatic heterocycles. The number of nitro groups is 1. The van der Waals surface area contributed by atoms with Gasteiger partial charge in [0.15, 0.2) is 0 Å². The molecule has 3 aromatic rings. The second kappa shape index (κ2) is 11.1. The smallest absolute Gasteiger partial charge is 0.292 e. The van der Waals surface area contributed by atoms with Gasteiger partial charge in [0.2, 0.25) is 10.0 Å². The van der Waals surface area contributed by atoms with E-state index in [1.807, 2.05) is 43.3 Å². The van der Waals surface area contributed by atoms with Crippen molar-refractivity contribution in [2.45, 2.75) is 18.4 Å². The van der Waals surface area contributed by atoms with Crippen LogP contribution in [0, 0.1) is 17.0 Å². The lowest BCUT2D eigenvalue weighted by Crippen LogP contribution is -2.49. The van der Waals surface area contributed by atoms with Crippen LogP contribution >= 0.6 is 0 Å². The number of benzene rings is 3. The molecule has 2 heterocycles. The molecular weight excluding hydrogens is 502 g/mol. The van der Waals surface area contributed by atoms with Crippen LogP contribution in [0.2, 0.25) is 0 Å². The molecule has 5 rings (SSSR count). The number of nitrogens with zero attached hydrogens (tertiary/aromatic N) is 5. The summed E-state index contributed by atoms with van der Waals surface area (Å²) in [6.07, 6.45) is 0. The Hall–Kier alpha value is -3.47. The SMILES string of the molecule is Cc1ccc(S(=O)(=O)N2CCN(c3ccc([N+](=O)[O-])c(N4CCN(Cc5ccccc5)CC4)c3)CC2)cc1. The van der Waals surface area contributed by atoms with E-state index in [9.17, 15) is 18.5 Å². The predicted octanol–water partition coefficient (Wildman–Crippen LogP) is 3.74. The lowest BCUT2D eigenvalue weighted by Gasteiger charge is -2.37. The summed E-state index contributed by atoms with van der Waals surface area (Å²) >= 11 is 0. The van der Waals surface area contributed by atoms with Crippen LogP contribution in [0.3, 0.4) is 0 Å². The largest absolute Gasteiger partial charge is 0.369 e. The highest BCUT2D eigenvalue weighted by Crippen LogP contribution is 2.34. The fourth-order valence-electron chi connectivity index (χ4n) is 5.15. The van der Waals surface area contributed by atoms with Gasteiger partial charge in [0.05, 0.1) is 9.82 Å². The maximum Gasteiger partial charge on any atom is 0.292 e. The predicted molar refractivity (Wildman–Crippen MR) is 149 cm³/mol. The topological polar surface area (TPSA) is 90.2 Å². The standard InChI is InChI=1S/C28H33N5O4S/c1-23-7-10-26(11-8-23)38(36,37)32-19-17-30(18-20-32)25-9-12-27(33(34)35)28(21-25)31-15-13-29(14-16-31)22-24-5-3-2-4-6-24/h2-12,21H,13-20,22H2,1H3. The first-order valence-electron chi connectivity index (χ1n) is 12.9. The molecule has 0 bridgehead atoms. The van der Waals surface area contributed by atoms with Crippen molar-refractivity contribution in [1.29, 1.82) is 0 Å². The maximum atomic E-state index is 13.1. The number of nitro benzene ring substituents is 1. The first-order chi connectivity index (χ1) is 18.3. The Morgan fingerprint density at radius 3 is 2.05 bits per heavy atom. The van der Waals surface area contributed by atoms with Gasteiger partial charge < -0.3 is 9.80 Å². The van der Waals surface area contributed by atoms with Crippen molar-refractivity contribution < 1.29 is 13.3 Å². The van der Waals surface area contributed by atoms with Gasteiger partial charge in [-0.15, -0.1) is 0 Å². The number of aryl methyl sites for hydroxylation is 1. The molecule has 0 amide bonds. The summed E-state index contributed by atoms with van der Waals surface area (Å²) in [6, 6.07) is 22.5. The van der Waals surface area contributed by atoms with E-state index in [4.69, 9.17) is 0 Å². The van der Waals surface area contributed by atoms with Gasteiger partial charge in [0.25, 0.3) is 5.69 Å². The summed E-state index contributed by atoms with van der Waals surface area (Å²) in [5.41, 5.74) is 3.88. The molecule has 0 unspecified atom stereocenters. The minimum absolute atomic E-state index is 0.103. The van der Waals surface area contributed by atoms with Gasteiger partial charge in [-0.05, 0) is 36.8 Å². The number of anilines is 2. The second-order valence-electron chi connectivity index (χ2n) is 9.88. The van der Waals surface area contributed by atoms with E-state index in [0.717, 1.165) is 30.9 Å². The quantitative estimate of drug-likeness (QED) is 0.336. The Morgan fingerprint density at radius 1 is 0.789 bits per heavy atom. The van der Waals surface area contributed by atoms with Crippen molar-refractivity contribution in [3.63, 3.8) is 0 Å². The molecule has 2 fully saturated rings. The molecular formula is C28H33N5O4S. The first kappa shape index (κ1) is 26.1. The molecule has 0 saturated carbocycles. The van der Waals surface area contributed by atoms with Crippen LogP contribution < -0.4 is 9.80 Å². The zero-order chi connectivity index (χ0) is 26.7. The molecule has 0 spiro atoms. The Bertz CT molecular complexity index is 1370. The Labute approximate surface area is 224 Å². The van der Waals surface area contributed by atoms with Crippen LogP contribution in [-0.4, -0.2) is 74.9 Å². The van der Waals surface area contributed by atoms with Gasteiger partial charge >= 0.3 is 0 Å². The number of hydrogen-bond acceptors (Lipinski definition) is 7. The van der Waals surface area contributed by atoms with Crippen molar-refractivity contribution in [3.05, 3.63) is 94.0 Å². The molecule has 0 aliphatic carbocycles. The fourth-order valence-corrected chi connectivity index (χ4v) is 6.57. The van der Waals surface area contributed by atoms with E-state index in [1.165, 1.54) is 9.87 Å². The summed E-state index contributed by atoms with van der Waals surface area (Å²) in [4.78, 5) is 18.4. The van der Waals surface area contributed by atoms with Crippen molar-refractivity contribution in [3.8, 4) is 0 Å². The van der Waals surface area contributed by atoms with Crippen molar-refractivity contribution >= 4 is 27.1 Å². The van der Waals surface area contributed by atoms with Gasteiger partial charge in [-0.25, -0.2) is 8.42 Å². The van der Waals surface area contributed by atoms with Gasteiger partial charge in [0, 0.05) is 70.7 Å². The van der Waals surface area contributed by atoms with E-state index in [-0.39, 0.29) is 10.6 Å². The third kappa shape index (κ3) is 5.67. The average Bonchev–Trinajstić information content (AvgIpc) is 2.94. The van der Waals surface area contributed by atoms with E-state index in [0.29, 0.717) is 49.9 Å². The first-order valence-corrected chi connectivity index (χ1v) is 14.4. The van der Waals surface area contributed by atoms with Gasteiger partial charge in [0.1, 0.15) is 5.69 Å². The van der Waals surface area contributed by atoms with Crippen LogP contribution in [-0.2, 0) is 16.6 Å². The molecule has 38 heavy (non-hydrogen) atoms. The van der Waals surface area contributed by atoms with Gasteiger partial charge in [-0.2, -0.15) is 4.31 Å². The molecule has 9 nitrogen and oxygen atoms in total. The molecule has 200 valence electrons. The minimum Gasteiger partial charge on any atom is -0.369 e. The van der Waals surface area contributed by atoms with Crippen molar-refractivity contribution in [2.75, 3.05) is 62.2 Å². The molecule has 0 N–H and O–H groups in total. The summed E-state index contributed by atoms with van der Waals surface area (Å²) in [6.45, 7) is 7.63. The molecule has 3 aromatic carbocycles. The van der Waals surface area contributed by atoms with Crippen LogP contribution in [0.5, 0.6) is 0 Å².